The van der Waals surface area contributed by atoms with E-state index >= 15 is 0 Å². The minimum absolute atomic E-state index is 0.0807. The predicted octanol–water partition coefficient (Wildman–Crippen LogP) is 0.0229. The van der Waals surface area contributed by atoms with E-state index in [1.54, 1.807) is 0 Å². The van der Waals surface area contributed by atoms with Crippen molar-refractivity contribution in [1.82, 2.24) is 0 Å². The third-order valence-corrected chi connectivity index (χ3v) is 2.90. The summed E-state index contributed by atoms with van der Waals surface area (Å²) in [6, 6.07) is -0.858. The quantitative estimate of drug-likeness (QED) is 0.507. The zero-order valence-electron chi connectivity index (χ0n) is 8.17. The molecule has 1 saturated carbocycles. The highest BCUT2D eigenvalue weighted by molar-refractivity contribution is 5.70. The standard InChI is InChI=1S/C8H14N2O5/c9-15-4-6-5(8(11)12)2-1-3-7(6)10(13)14/h5-7H,1-4,9H2,(H,11,12). The molecule has 15 heavy (non-hydrogen) atoms. The second-order valence-corrected chi connectivity index (χ2v) is 3.73. The highest BCUT2D eigenvalue weighted by atomic mass is 16.6. The summed E-state index contributed by atoms with van der Waals surface area (Å²) in [4.78, 5) is 25.6. The molecule has 7 nitrogen and oxygen atoms in total. The first kappa shape index (κ1) is 11.9. The summed E-state index contributed by atoms with van der Waals surface area (Å²) in [5, 5.41) is 19.6. The van der Waals surface area contributed by atoms with Crippen LogP contribution in [-0.2, 0) is 9.63 Å². The molecule has 0 radical (unpaired) electrons. The minimum Gasteiger partial charge on any atom is -0.481 e. The molecule has 1 aliphatic carbocycles. The molecule has 0 saturated heterocycles. The molecule has 0 heterocycles. The number of nitrogens with two attached hydrogens (primary N) is 1. The van der Waals surface area contributed by atoms with Gasteiger partial charge in [-0.3, -0.25) is 14.9 Å². The van der Waals surface area contributed by atoms with Crippen LogP contribution in [0, 0.1) is 22.0 Å². The van der Waals surface area contributed by atoms with Gasteiger partial charge in [0.25, 0.3) is 0 Å². The molecule has 0 aromatic heterocycles. The van der Waals surface area contributed by atoms with Gasteiger partial charge in [0.05, 0.1) is 18.4 Å². The summed E-state index contributed by atoms with van der Waals surface area (Å²) >= 11 is 0. The molecular weight excluding hydrogens is 204 g/mol. The molecule has 1 fully saturated rings. The van der Waals surface area contributed by atoms with Crippen LogP contribution >= 0.6 is 0 Å². The number of aliphatic carboxylic acids is 1. The molecule has 86 valence electrons. The second-order valence-electron chi connectivity index (χ2n) is 3.73. The van der Waals surface area contributed by atoms with E-state index in [1.807, 2.05) is 0 Å². The van der Waals surface area contributed by atoms with Crippen LogP contribution in [0.25, 0.3) is 0 Å². The van der Waals surface area contributed by atoms with Crippen LogP contribution in [0.15, 0.2) is 0 Å². The van der Waals surface area contributed by atoms with Gasteiger partial charge in [0, 0.05) is 11.3 Å². The number of rotatable bonds is 4. The molecule has 1 rings (SSSR count). The number of carbonyl (C=O) groups is 1. The maximum Gasteiger partial charge on any atom is 0.307 e. The van der Waals surface area contributed by atoms with Crippen molar-refractivity contribution < 1.29 is 19.7 Å². The average Bonchev–Trinajstić information content (AvgIpc) is 2.17. The molecule has 1 aliphatic rings. The van der Waals surface area contributed by atoms with E-state index in [1.165, 1.54) is 0 Å². The van der Waals surface area contributed by atoms with Gasteiger partial charge >= 0.3 is 5.97 Å². The summed E-state index contributed by atoms with van der Waals surface area (Å²) < 4.78 is 0. The van der Waals surface area contributed by atoms with Gasteiger partial charge in [-0.2, -0.15) is 0 Å². The highest BCUT2D eigenvalue weighted by Crippen LogP contribution is 2.32. The fourth-order valence-electron chi connectivity index (χ4n) is 2.15. The van der Waals surface area contributed by atoms with E-state index in [2.05, 4.69) is 4.84 Å². The van der Waals surface area contributed by atoms with Crippen LogP contribution in [-0.4, -0.2) is 28.6 Å². The van der Waals surface area contributed by atoms with E-state index in [0.29, 0.717) is 19.3 Å². The van der Waals surface area contributed by atoms with E-state index < -0.39 is 28.8 Å². The molecule has 0 spiro atoms. The summed E-state index contributed by atoms with van der Waals surface area (Å²) in [7, 11) is 0. The number of hydrogen-bond donors (Lipinski definition) is 2. The lowest BCUT2D eigenvalue weighted by molar-refractivity contribution is -0.538. The Labute approximate surface area is 86.3 Å². The van der Waals surface area contributed by atoms with Gasteiger partial charge in [-0.05, 0) is 12.8 Å². The molecule has 7 heteroatoms. The molecular formula is C8H14N2O5. The number of nitro groups is 1. The van der Waals surface area contributed by atoms with Gasteiger partial charge < -0.3 is 9.94 Å². The summed E-state index contributed by atoms with van der Waals surface area (Å²) in [5.41, 5.74) is 0. The first-order valence-corrected chi connectivity index (χ1v) is 4.76. The Balaban J connectivity index is 2.79. The lowest BCUT2D eigenvalue weighted by Gasteiger charge is -2.29. The minimum atomic E-state index is -1.01. The van der Waals surface area contributed by atoms with Crippen molar-refractivity contribution in [3.05, 3.63) is 10.1 Å². The summed E-state index contributed by atoms with van der Waals surface area (Å²) in [6.45, 7) is -0.0807. The first-order chi connectivity index (χ1) is 7.07. The zero-order chi connectivity index (χ0) is 11.4. The highest BCUT2D eigenvalue weighted by Gasteiger charge is 2.44. The van der Waals surface area contributed by atoms with E-state index in [0.717, 1.165) is 0 Å². The van der Waals surface area contributed by atoms with Crippen LogP contribution in [0.2, 0.25) is 0 Å². The second kappa shape index (κ2) is 5.04. The number of carboxylic acids is 1. The Morgan fingerprint density at radius 3 is 2.73 bits per heavy atom. The normalized spacial score (nSPS) is 31.1. The Kier molecular flexibility index (Phi) is 3.98. The van der Waals surface area contributed by atoms with Crippen LogP contribution in [0.5, 0.6) is 0 Å². The topological polar surface area (TPSA) is 116 Å². The molecule has 0 amide bonds. The van der Waals surface area contributed by atoms with Gasteiger partial charge in [-0.15, -0.1) is 0 Å². The third-order valence-electron chi connectivity index (χ3n) is 2.90. The largest absolute Gasteiger partial charge is 0.481 e. The van der Waals surface area contributed by atoms with Crippen molar-refractivity contribution in [3.63, 3.8) is 0 Å². The lowest BCUT2D eigenvalue weighted by Crippen LogP contribution is -2.43. The molecule has 0 bridgehead atoms. The predicted molar refractivity (Wildman–Crippen MR) is 49.4 cm³/mol. The SMILES string of the molecule is NOCC1C(C(=O)O)CCCC1[N+](=O)[O-]. The van der Waals surface area contributed by atoms with Crippen molar-refractivity contribution in [2.45, 2.75) is 25.3 Å². The van der Waals surface area contributed by atoms with Gasteiger partial charge in [-0.1, -0.05) is 0 Å². The lowest BCUT2D eigenvalue weighted by atomic mass is 9.76. The van der Waals surface area contributed by atoms with Crippen molar-refractivity contribution in [1.29, 1.82) is 0 Å². The Morgan fingerprint density at radius 1 is 1.60 bits per heavy atom. The van der Waals surface area contributed by atoms with E-state index in [-0.39, 0.29) is 6.61 Å². The fourth-order valence-corrected chi connectivity index (χ4v) is 2.15. The fraction of sp³-hybridized carbons (Fsp3) is 0.875. The van der Waals surface area contributed by atoms with Gasteiger partial charge in [0.1, 0.15) is 0 Å². The molecule has 0 aliphatic heterocycles. The van der Waals surface area contributed by atoms with Crippen molar-refractivity contribution in [3.8, 4) is 0 Å². The smallest absolute Gasteiger partial charge is 0.307 e. The van der Waals surface area contributed by atoms with E-state index in [9.17, 15) is 14.9 Å². The molecule has 3 unspecified atom stereocenters. The zero-order valence-corrected chi connectivity index (χ0v) is 8.17. The Bertz CT molecular complexity index is 235. The molecule has 3 atom stereocenters. The average molecular weight is 218 g/mol. The van der Waals surface area contributed by atoms with E-state index in [4.69, 9.17) is 11.0 Å². The monoisotopic (exact) mass is 218 g/mol. The number of nitrogens with zero attached hydrogens (tertiary/aromatic N) is 1. The summed E-state index contributed by atoms with van der Waals surface area (Å²) in [6.07, 6.45) is 1.40. The first-order valence-electron chi connectivity index (χ1n) is 4.76. The molecule has 0 aromatic carbocycles. The van der Waals surface area contributed by atoms with Gasteiger partial charge in [-0.25, -0.2) is 5.90 Å². The molecule has 3 N–H and O–H groups in total. The maximum atomic E-state index is 10.9. The Hall–Kier alpha value is -1.21. The summed E-state index contributed by atoms with van der Waals surface area (Å²) in [5.74, 6) is 2.51. The van der Waals surface area contributed by atoms with Crippen LogP contribution < -0.4 is 5.90 Å². The van der Waals surface area contributed by atoms with Crippen LogP contribution in [0.1, 0.15) is 19.3 Å². The van der Waals surface area contributed by atoms with Gasteiger partial charge in [0.15, 0.2) is 0 Å². The van der Waals surface area contributed by atoms with Crippen LogP contribution in [0.4, 0.5) is 0 Å². The molecule has 0 aromatic rings. The van der Waals surface area contributed by atoms with Crippen molar-refractivity contribution in [2.75, 3.05) is 6.61 Å². The van der Waals surface area contributed by atoms with Gasteiger partial charge in [0.2, 0.25) is 6.04 Å². The third kappa shape index (κ3) is 2.63. The van der Waals surface area contributed by atoms with Crippen molar-refractivity contribution >= 4 is 5.97 Å². The number of carboxylic acid groups (broad SMARTS) is 1. The number of hydrogen-bond acceptors (Lipinski definition) is 5. The van der Waals surface area contributed by atoms with Crippen LogP contribution in [0.3, 0.4) is 0 Å². The maximum absolute atomic E-state index is 10.9. The Morgan fingerprint density at radius 2 is 2.27 bits per heavy atom. The van der Waals surface area contributed by atoms with Crippen molar-refractivity contribution in [2.24, 2.45) is 17.7 Å².